The molecular weight excluding hydrogens is 460 g/mol. The molecule has 0 saturated carbocycles. The molecule has 2 N–H and O–H groups in total. The molecule has 0 bridgehead atoms. The summed E-state index contributed by atoms with van der Waals surface area (Å²) in [4.78, 5) is 11.8. The summed E-state index contributed by atoms with van der Waals surface area (Å²) in [7, 11) is -3.76. The lowest BCUT2D eigenvalue weighted by molar-refractivity contribution is -0.145. The van der Waals surface area contributed by atoms with Crippen molar-refractivity contribution < 1.29 is 22.7 Å². The molecule has 1 atom stereocenters. The standard InChI is InChI=1S/C21H25ClN2O5S2/c1-3-5-19(24-31(26,27)18-12-6-15(22)7-13-18)21(30)23-16-8-10-17(11-9-16)29-14-20(25)28-4-2/h6-13,19,24H,3-5,14H2,1-2H3,(H,23,30)/t19-/m0/s1. The van der Waals surface area contributed by atoms with E-state index in [1.807, 2.05) is 6.92 Å². The molecule has 0 aliphatic carbocycles. The smallest absolute Gasteiger partial charge is 0.344 e. The number of benzene rings is 2. The van der Waals surface area contributed by atoms with Crippen LogP contribution in [0.1, 0.15) is 26.7 Å². The highest BCUT2D eigenvalue weighted by molar-refractivity contribution is 7.89. The first-order valence-corrected chi connectivity index (χ1v) is 12.0. The van der Waals surface area contributed by atoms with Crippen molar-refractivity contribution >= 4 is 50.5 Å². The molecule has 168 valence electrons. The van der Waals surface area contributed by atoms with Gasteiger partial charge in [0.15, 0.2) is 6.61 Å². The lowest BCUT2D eigenvalue weighted by atomic mass is 10.2. The lowest BCUT2D eigenvalue weighted by Gasteiger charge is -2.20. The van der Waals surface area contributed by atoms with Gasteiger partial charge in [-0.2, -0.15) is 0 Å². The Bertz CT molecular complexity index is 980. The van der Waals surface area contributed by atoms with Crippen LogP contribution in [0.2, 0.25) is 5.02 Å². The number of carbonyl (C=O) groups is 1. The van der Waals surface area contributed by atoms with Gasteiger partial charge in [-0.1, -0.05) is 37.2 Å². The molecule has 0 aliphatic rings. The molecule has 2 rings (SSSR count). The summed E-state index contributed by atoms with van der Waals surface area (Å²) < 4.78 is 38.2. The van der Waals surface area contributed by atoms with E-state index >= 15 is 0 Å². The first kappa shape index (κ1) is 25.1. The van der Waals surface area contributed by atoms with Gasteiger partial charge in [-0.15, -0.1) is 0 Å². The quantitative estimate of drug-likeness (QED) is 0.365. The summed E-state index contributed by atoms with van der Waals surface area (Å²) in [5, 5.41) is 3.51. The molecule has 0 unspecified atom stereocenters. The fraction of sp³-hybridized carbons (Fsp3) is 0.333. The van der Waals surface area contributed by atoms with Gasteiger partial charge < -0.3 is 14.8 Å². The van der Waals surface area contributed by atoms with Crippen molar-refractivity contribution in [2.45, 2.75) is 37.6 Å². The van der Waals surface area contributed by atoms with Crippen molar-refractivity contribution in [3.8, 4) is 5.75 Å². The van der Waals surface area contributed by atoms with Crippen LogP contribution in [-0.4, -0.2) is 38.6 Å². The maximum Gasteiger partial charge on any atom is 0.344 e. The van der Waals surface area contributed by atoms with Gasteiger partial charge >= 0.3 is 5.97 Å². The van der Waals surface area contributed by atoms with Gasteiger partial charge in [-0.05, 0) is 61.9 Å². The second kappa shape index (κ2) is 12.0. The number of nitrogens with one attached hydrogen (secondary N) is 2. The zero-order chi connectivity index (χ0) is 22.9. The van der Waals surface area contributed by atoms with Gasteiger partial charge in [0.2, 0.25) is 10.0 Å². The van der Waals surface area contributed by atoms with E-state index < -0.39 is 22.0 Å². The highest BCUT2D eigenvalue weighted by Crippen LogP contribution is 2.18. The van der Waals surface area contributed by atoms with Crippen molar-refractivity contribution in [2.75, 3.05) is 18.5 Å². The van der Waals surface area contributed by atoms with Crippen LogP contribution < -0.4 is 14.8 Å². The molecule has 7 nitrogen and oxygen atoms in total. The lowest BCUT2D eigenvalue weighted by Crippen LogP contribution is -2.42. The number of ether oxygens (including phenoxy) is 2. The first-order valence-electron chi connectivity index (χ1n) is 9.72. The van der Waals surface area contributed by atoms with E-state index in [4.69, 9.17) is 33.3 Å². The van der Waals surface area contributed by atoms with E-state index in [1.165, 1.54) is 24.3 Å². The molecule has 0 aliphatic heterocycles. The molecule has 0 spiro atoms. The minimum Gasteiger partial charge on any atom is -0.482 e. The number of sulfonamides is 1. The zero-order valence-corrected chi connectivity index (χ0v) is 19.6. The van der Waals surface area contributed by atoms with E-state index in [-0.39, 0.29) is 11.5 Å². The summed E-state index contributed by atoms with van der Waals surface area (Å²) in [6.45, 7) is 3.79. The number of halogens is 1. The Balaban J connectivity index is 2.01. The van der Waals surface area contributed by atoms with Gasteiger partial charge in [-0.3, -0.25) is 0 Å². The highest BCUT2D eigenvalue weighted by atomic mass is 35.5. The number of esters is 1. The Hall–Kier alpha value is -2.20. The van der Waals surface area contributed by atoms with Crippen LogP contribution in [0.25, 0.3) is 0 Å². The van der Waals surface area contributed by atoms with E-state index in [0.29, 0.717) is 34.5 Å². The van der Waals surface area contributed by atoms with Gasteiger partial charge in [-0.25, -0.2) is 17.9 Å². The molecule has 31 heavy (non-hydrogen) atoms. The molecule has 0 heterocycles. The maximum atomic E-state index is 12.7. The van der Waals surface area contributed by atoms with E-state index in [1.54, 1.807) is 31.2 Å². The Morgan fingerprint density at radius 2 is 1.74 bits per heavy atom. The van der Waals surface area contributed by atoms with Crippen LogP contribution >= 0.6 is 23.8 Å². The Kier molecular flexibility index (Phi) is 9.70. The molecule has 0 saturated heterocycles. The average Bonchev–Trinajstić information content (AvgIpc) is 2.73. The van der Waals surface area contributed by atoms with E-state index in [2.05, 4.69) is 10.0 Å². The molecule has 0 fully saturated rings. The number of rotatable bonds is 11. The minimum absolute atomic E-state index is 0.115. The topological polar surface area (TPSA) is 93.7 Å². The van der Waals surface area contributed by atoms with Crippen molar-refractivity contribution in [2.24, 2.45) is 0 Å². The number of thiocarbonyl (C=S) groups is 1. The number of hydrogen-bond donors (Lipinski definition) is 2. The number of hydrogen-bond acceptors (Lipinski definition) is 6. The van der Waals surface area contributed by atoms with Gasteiger partial charge in [0, 0.05) is 10.7 Å². The van der Waals surface area contributed by atoms with Crippen LogP contribution in [0, 0.1) is 0 Å². The minimum atomic E-state index is -3.76. The third-order valence-corrected chi connectivity index (χ3v) is 6.23. The van der Waals surface area contributed by atoms with Crippen LogP contribution in [0.3, 0.4) is 0 Å². The molecule has 10 heteroatoms. The molecule has 2 aromatic carbocycles. The van der Waals surface area contributed by atoms with Crippen molar-refractivity contribution in [3.63, 3.8) is 0 Å². The number of carbonyl (C=O) groups excluding carboxylic acids is 1. The third kappa shape index (κ3) is 8.10. The summed E-state index contributed by atoms with van der Waals surface area (Å²) in [6.07, 6.45) is 1.26. The van der Waals surface area contributed by atoms with Gasteiger partial charge in [0.25, 0.3) is 0 Å². The van der Waals surface area contributed by atoms with Gasteiger partial charge in [0.05, 0.1) is 22.5 Å². The summed E-state index contributed by atoms with van der Waals surface area (Å²) in [6, 6.07) is 12.2. The number of anilines is 1. The largest absolute Gasteiger partial charge is 0.482 e. The van der Waals surface area contributed by atoms with Crippen LogP contribution in [0.15, 0.2) is 53.4 Å². The van der Waals surface area contributed by atoms with Gasteiger partial charge in [0.1, 0.15) is 5.75 Å². The summed E-state index contributed by atoms with van der Waals surface area (Å²) in [5.74, 6) is 0.0549. The van der Waals surface area contributed by atoms with E-state index in [9.17, 15) is 13.2 Å². The second-order valence-corrected chi connectivity index (χ2v) is 9.11. The van der Waals surface area contributed by atoms with E-state index in [0.717, 1.165) is 6.42 Å². The van der Waals surface area contributed by atoms with Crippen LogP contribution in [0.4, 0.5) is 5.69 Å². The highest BCUT2D eigenvalue weighted by Gasteiger charge is 2.23. The first-order chi connectivity index (χ1) is 14.7. The van der Waals surface area contributed by atoms with Crippen LogP contribution in [0.5, 0.6) is 5.75 Å². The zero-order valence-electron chi connectivity index (χ0n) is 17.3. The fourth-order valence-electron chi connectivity index (χ4n) is 2.61. The summed E-state index contributed by atoms with van der Waals surface area (Å²) in [5.41, 5.74) is 0.667. The Morgan fingerprint density at radius 1 is 1.10 bits per heavy atom. The second-order valence-electron chi connectivity index (χ2n) is 6.52. The molecule has 0 aromatic heterocycles. The predicted octanol–water partition coefficient (Wildman–Crippen LogP) is 4.17. The fourth-order valence-corrected chi connectivity index (χ4v) is 4.35. The SMILES string of the molecule is CCC[C@H](NS(=O)(=O)c1ccc(Cl)cc1)C(=S)Nc1ccc(OCC(=O)OCC)cc1. The maximum absolute atomic E-state index is 12.7. The average molecular weight is 485 g/mol. The van der Waals surface area contributed by atoms with Crippen LogP contribution in [-0.2, 0) is 19.6 Å². The normalized spacial score (nSPS) is 12.1. The Morgan fingerprint density at radius 3 is 2.32 bits per heavy atom. The third-order valence-electron chi connectivity index (χ3n) is 4.10. The Labute approximate surface area is 193 Å². The van der Waals surface area contributed by atoms with Crippen molar-refractivity contribution in [1.29, 1.82) is 0 Å². The summed E-state index contributed by atoms with van der Waals surface area (Å²) >= 11 is 11.3. The monoisotopic (exact) mass is 484 g/mol. The van der Waals surface area contributed by atoms with Crippen molar-refractivity contribution in [1.82, 2.24) is 4.72 Å². The molecule has 0 amide bonds. The predicted molar refractivity (Wildman–Crippen MR) is 125 cm³/mol. The molecular formula is C21H25ClN2O5S2. The molecule has 0 radical (unpaired) electrons. The molecule has 2 aromatic rings. The van der Waals surface area contributed by atoms with Crippen molar-refractivity contribution in [3.05, 3.63) is 53.6 Å².